The number of hydrogen-bond acceptors (Lipinski definition) is 4. The molecule has 1 N–H and O–H groups in total. The number of fused-ring (bicyclic) bond motifs is 1. The van der Waals surface area contributed by atoms with Gasteiger partial charge in [-0.1, -0.05) is 31.4 Å². The quantitative estimate of drug-likeness (QED) is 0.533. The minimum Gasteiger partial charge on any atom is -0.436 e. The third-order valence-electron chi connectivity index (χ3n) is 7.61. The molecule has 2 aliphatic carbocycles. The average Bonchev–Trinajstić information content (AvgIpc) is 3.55. The Balaban J connectivity index is 1.16. The summed E-state index contributed by atoms with van der Waals surface area (Å²) in [7, 11) is 1.85. The van der Waals surface area contributed by atoms with Crippen molar-refractivity contribution in [2.24, 2.45) is 11.8 Å². The van der Waals surface area contributed by atoms with Gasteiger partial charge in [-0.2, -0.15) is 0 Å². The molecule has 1 aromatic heterocycles. The molecule has 34 heavy (non-hydrogen) atoms. The van der Waals surface area contributed by atoms with E-state index in [2.05, 4.69) is 10.3 Å². The van der Waals surface area contributed by atoms with Crippen LogP contribution in [0.25, 0.3) is 22.6 Å². The van der Waals surface area contributed by atoms with Crippen LogP contribution >= 0.6 is 0 Å². The van der Waals surface area contributed by atoms with Crippen molar-refractivity contribution in [1.29, 1.82) is 0 Å². The number of carbonyl (C=O) groups is 2. The Kier molecular flexibility index (Phi) is 6.66. The van der Waals surface area contributed by atoms with Gasteiger partial charge in [0.2, 0.25) is 11.8 Å². The topological polar surface area (TPSA) is 75.4 Å². The fraction of sp³-hybridized carbons (Fsp3) is 0.464. The minimum absolute atomic E-state index is 0.00498. The van der Waals surface area contributed by atoms with Crippen LogP contribution in [0.4, 0.5) is 0 Å². The van der Waals surface area contributed by atoms with Crippen molar-refractivity contribution in [1.82, 2.24) is 15.2 Å². The van der Waals surface area contributed by atoms with Crippen LogP contribution in [0.15, 0.2) is 52.9 Å². The highest BCUT2D eigenvalue weighted by molar-refractivity contribution is 5.95. The zero-order chi connectivity index (χ0) is 23.5. The van der Waals surface area contributed by atoms with E-state index in [1.54, 1.807) is 0 Å². The molecule has 6 heteroatoms. The van der Waals surface area contributed by atoms with Crippen molar-refractivity contribution in [2.75, 3.05) is 13.6 Å². The van der Waals surface area contributed by atoms with Crippen LogP contribution in [-0.2, 0) is 4.79 Å². The Morgan fingerprint density at radius 2 is 1.76 bits per heavy atom. The van der Waals surface area contributed by atoms with Crippen molar-refractivity contribution < 1.29 is 14.0 Å². The van der Waals surface area contributed by atoms with Gasteiger partial charge in [0.25, 0.3) is 5.91 Å². The van der Waals surface area contributed by atoms with Crippen molar-refractivity contribution in [3.05, 3.63) is 54.1 Å². The maximum atomic E-state index is 13.1. The largest absolute Gasteiger partial charge is 0.436 e. The summed E-state index contributed by atoms with van der Waals surface area (Å²) in [5, 5.41) is 3.19. The highest BCUT2D eigenvalue weighted by Gasteiger charge is 2.34. The molecule has 6 nitrogen and oxygen atoms in total. The van der Waals surface area contributed by atoms with Gasteiger partial charge in [-0.3, -0.25) is 9.59 Å². The molecule has 0 spiro atoms. The SMILES string of the molecule is CN(C(=O)c1ccc(-c2nc3ccccc3o2)cc1)C1CCC(C(=O)NCC2CCCCC2)C1. The van der Waals surface area contributed by atoms with Crippen LogP contribution in [0.2, 0.25) is 0 Å². The number of benzene rings is 2. The third-order valence-corrected chi connectivity index (χ3v) is 7.61. The van der Waals surface area contributed by atoms with Crippen LogP contribution in [0.3, 0.4) is 0 Å². The summed E-state index contributed by atoms with van der Waals surface area (Å²) in [5.41, 5.74) is 3.03. The molecular weight excluding hydrogens is 426 g/mol. The lowest BCUT2D eigenvalue weighted by Crippen LogP contribution is -2.37. The molecule has 2 amide bonds. The molecule has 0 aliphatic heterocycles. The number of oxazole rings is 1. The standard InChI is InChI=1S/C28H33N3O3/c1-31(23-16-15-22(17-23)26(32)29-18-19-7-3-2-4-8-19)28(33)21-13-11-20(12-14-21)27-30-24-9-5-6-10-25(24)34-27/h5-6,9-14,19,22-23H,2-4,7-8,15-18H2,1H3,(H,29,32). The highest BCUT2D eigenvalue weighted by atomic mass is 16.3. The van der Waals surface area contributed by atoms with E-state index in [1.807, 2.05) is 60.5 Å². The second-order valence-electron chi connectivity index (χ2n) is 9.89. The van der Waals surface area contributed by atoms with Gasteiger partial charge in [0.1, 0.15) is 5.52 Å². The molecule has 0 saturated heterocycles. The number of para-hydroxylation sites is 2. The van der Waals surface area contributed by atoms with Gasteiger partial charge in [-0.05, 0) is 74.4 Å². The molecule has 178 valence electrons. The van der Waals surface area contributed by atoms with Gasteiger partial charge in [-0.25, -0.2) is 4.98 Å². The Morgan fingerprint density at radius 3 is 2.53 bits per heavy atom. The van der Waals surface area contributed by atoms with E-state index in [9.17, 15) is 9.59 Å². The summed E-state index contributed by atoms with van der Waals surface area (Å²) < 4.78 is 5.83. The van der Waals surface area contributed by atoms with Crippen molar-refractivity contribution in [3.63, 3.8) is 0 Å². The number of hydrogen-bond donors (Lipinski definition) is 1. The number of nitrogens with one attached hydrogen (secondary N) is 1. The monoisotopic (exact) mass is 459 g/mol. The van der Waals surface area contributed by atoms with E-state index < -0.39 is 0 Å². The van der Waals surface area contributed by atoms with Gasteiger partial charge < -0.3 is 14.6 Å². The van der Waals surface area contributed by atoms with Crippen LogP contribution in [-0.4, -0.2) is 41.3 Å². The summed E-state index contributed by atoms with van der Waals surface area (Å²) >= 11 is 0. The van der Waals surface area contributed by atoms with Gasteiger partial charge in [0, 0.05) is 36.7 Å². The number of carbonyl (C=O) groups excluding carboxylic acids is 2. The van der Waals surface area contributed by atoms with Gasteiger partial charge >= 0.3 is 0 Å². The first-order valence-corrected chi connectivity index (χ1v) is 12.6. The van der Waals surface area contributed by atoms with E-state index in [0.717, 1.165) is 42.5 Å². The normalized spacial score (nSPS) is 21.0. The minimum atomic E-state index is -0.0163. The summed E-state index contributed by atoms with van der Waals surface area (Å²) in [6.45, 7) is 0.807. The molecule has 2 saturated carbocycles. The first-order valence-electron chi connectivity index (χ1n) is 12.6. The molecule has 2 fully saturated rings. The molecule has 0 bridgehead atoms. The number of aromatic nitrogens is 1. The van der Waals surface area contributed by atoms with Gasteiger partial charge in [0.15, 0.2) is 5.58 Å². The highest BCUT2D eigenvalue weighted by Crippen LogP contribution is 2.31. The summed E-state index contributed by atoms with van der Waals surface area (Å²) in [4.78, 5) is 32.2. The molecule has 1 heterocycles. The predicted molar refractivity (Wildman–Crippen MR) is 132 cm³/mol. The zero-order valence-corrected chi connectivity index (χ0v) is 19.8. The van der Waals surface area contributed by atoms with E-state index in [1.165, 1.54) is 32.1 Å². The molecule has 3 aromatic rings. The number of nitrogens with zero attached hydrogens (tertiary/aromatic N) is 2. The molecule has 2 atom stereocenters. The molecular formula is C28H33N3O3. The zero-order valence-electron chi connectivity index (χ0n) is 19.8. The number of amides is 2. The Morgan fingerprint density at radius 1 is 1.00 bits per heavy atom. The second kappa shape index (κ2) is 10.00. The van der Waals surface area contributed by atoms with Crippen LogP contribution < -0.4 is 5.32 Å². The molecule has 5 rings (SSSR count). The first kappa shape index (κ1) is 22.6. The lowest BCUT2D eigenvalue weighted by molar-refractivity contribution is -0.125. The fourth-order valence-electron chi connectivity index (χ4n) is 5.45. The van der Waals surface area contributed by atoms with E-state index in [4.69, 9.17) is 4.42 Å². The molecule has 2 unspecified atom stereocenters. The van der Waals surface area contributed by atoms with E-state index in [0.29, 0.717) is 17.4 Å². The van der Waals surface area contributed by atoms with Gasteiger partial charge in [-0.15, -0.1) is 0 Å². The summed E-state index contributed by atoms with van der Waals surface area (Å²) in [6, 6.07) is 15.2. The summed E-state index contributed by atoms with van der Waals surface area (Å²) in [6.07, 6.45) is 8.81. The lowest BCUT2D eigenvalue weighted by Gasteiger charge is -2.25. The predicted octanol–water partition coefficient (Wildman–Crippen LogP) is 5.43. The van der Waals surface area contributed by atoms with Crippen LogP contribution in [0, 0.1) is 11.8 Å². The maximum Gasteiger partial charge on any atom is 0.253 e. The number of rotatable bonds is 6. The summed E-state index contributed by atoms with van der Waals surface area (Å²) in [5.74, 6) is 1.34. The van der Waals surface area contributed by atoms with Crippen molar-refractivity contribution in [2.45, 2.75) is 57.4 Å². The Bertz CT molecular complexity index is 1110. The Hall–Kier alpha value is -3.15. The Labute approximate surface area is 200 Å². The van der Waals surface area contributed by atoms with E-state index >= 15 is 0 Å². The average molecular weight is 460 g/mol. The maximum absolute atomic E-state index is 13.1. The second-order valence-corrected chi connectivity index (χ2v) is 9.89. The fourth-order valence-corrected chi connectivity index (χ4v) is 5.45. The molecule has 0 radical (unpaired) electrons. The van der Waals surface area contributed by atoms with Crippen molar-refractivity contribution in [3.8, 4) is 11.5 Å². The molecule has 2 aliphatic rings. The molecule has 2 aromatic carbocycles. The van der Waals surface area contributed by atoms with Crippen LogP contribution in [0.5, 0.6) is 0 Å². The van der Waals surface area contributed by atoms with Gasteiger partial charge in [0.05, 0.1) is 0 Å². The smallest absolute Gasteiger partial charge is 0.253 e. The first-order chi connectivity index (χ1) is 16.6. The van der Waals surface area contributed by atoms with E-state index in [-0.39, 0.29) is 23.8 Å². The third kappa shape index (κ3) is 4.86. The lowest BCUT2D eigenvalue weighted by atomic mass is 9.89. The van der Waals surface area contributed by atoms with Crippen LogP contribution in [0.1, 0.15) is 61.7 Å². The van der Waals surface area contributed by atoms with Crippen molar-refractivity contribution >= 4 is 22.9 Å².